The monoisotopic (exact) mass is 255 g/mol. The molecule has 1 aromatic carbocycles. The zero-order valence-electron chi connectivity index (χ0n) is 7.24. The van der Waals surface area contributed by atoms with E-state index in [1.54, 1.807) is 6.07 Å². The number of nitrogens with one attached hydrogen (secondary N) is 1. The summed E-state index contributed by atoms with van der Waals surface area (Å²) in [6.07, 6.45) is 1.46. The molecule has 5 nitrogen and oxygen atoms in total. The van der Waals surface area contributed by atoms with Crippen LogP contribution in [0.15, 0.2) is 16.7 Å². The van der Waals surface area contributed by atoms with Gasteiger partial charge in [0.1, 0.15) is 0 Å². The molecular formula is C8H6BrN3O2. The van der Waals surface area contributed by atoms with E-state index in [4.69, 9.17) is 0 Å². The molecule has 0 aliphatic rings. The summed E-state index contributed by atoms with van der Waals surface area (Å²) in [5.41, 5.74) is 1.69. The van der Waals surface area contributed by atoms with Crippen molar-refractivity contribution >= 4 is 32.5 Å². The number of aromatic nitrogens is 2. The highest BCUT2D eigenvalue weighted by Crippen LogP contribution is 2.34. The van der Waals surface area contributed by atoms with E-state index in [-0.39, 0.29) is 5.69 Å². The number of hydrogen-bond acceptors (Lipinski definition) is 3. The maximum Gasteiger partial charge on any atom is 0.294 e. The van der Waals surface area contributed by atoms with Gasteiger partial charge in [-0.05, 0) is 34.5 Å². The van der Waals surface area contributed by atoms with E-state index in [9.17, 15) is 10.1 Å². The number of benzene rings is 1. The minimum Gasteiger partial charge on any atom is -0.277 e. The highest BCUT2D eigenvalue weighted by molar-refractivity contribution is 9.10. The summed E-state index contributed by atoms with van der Waals surface area (Å²) in [6.45, 7) is 1.87. The lowest BCUT2D eigenvalue weighted by atomic mass is 10.1. The average Bonchev–Trinajstić information content (AvgIpc) is 2.51. The van der Waals surface area contributed by atoms with Crippen LogP contribution >= 0.6 is 15.9 Å². The van der Waals surface area contributed by atoms with Crippen molar-refractivity contribution < 1.29 is 4.92 Å². The van der Waals surface area contributed by atoms with Crippen molar-refractivity contribution in [2.75, 3.05) is 0 Å². The van der Waals surface area contributed by atoms with E-state index >= 15 is 0 Å². The molecule has 0 amide bonds. The lowest BCUT2D eigenvalue weighted by Crippen LogP contribution is -1.91. The summed E-state index contributed by atoms with van der Waals surface area (Å²) in [5.74, 6) is 0. The van der Waals surface area contributed by atoms with Gasteiger partial charge in [0.05, 0.1) is 26.5 Å². The van der Waals surface area contributed by atoms with Crippen LogP contribution in [0.2, 0.25) is 0 Å². The summed E-state index contributed by atoms with van der Waals surface area (Å²) < 4.78 is 0.480. The zero-order valence-corrected chi connectivity index (χ0v) is 8.83. The van der Waals surface area contributed by atoms with E-state index in [0.717, 1.165) is 5.56 Å². The molecule has 0 saturated carbocycles. The minimum absolute atomic E-state index is 0.0550. The smallest absolute Gasteiger partial charge is 0.277 e. The molecule has 72 valence electrons. The fraction of sp³-hybridized carbons (Fsp3) is 0.125. The summed E-state index contributed by atoms with van der Waals surface area (Å²) in [4.78, 5) is 10.4. The van der Waals surface area contributed by atoms with E-state index in [1.807, 2.05) is 6.92 Å². The minimum atomic E-state index is -0.415. The Bertz CT molecular complexity index is 521. The van der Waals surface area contributed by atoms with Gasteiger partial charge < -0.3 is 0 Å². The first-order chi connectivity index (χ1) is 6.61. The molecule has 0 aliphatic carbocycles. The fourth-order valence-corrected chi connectivity index (χ4v) is 2.11. The Labute approximate surface area is 87.4 Å². The number of nitro benzene ring substituents is 1. The van der Waals surface area contributed by atoms with Crippen LogP contribution < -0.4 is 0 Å². The third kappa shape index (κ3) is 1.19. The molecule has 6 heteroatoms. The standard InChI is InChI=1S/C8H6BrN3O2/c1-4-2-6(9)8(12(13)14)5-3-10-11-7(4)5/h2-3H,1H3,(H,10,11). The van der Waals surface area contributed by atoms with Crippen LogP contribution in [0.5, 0.6) is 0 Å². The summed E-state index contributed by atoms with van der Waals surface area (Å²) in [5, 5.41) is 17.8. The molecule has 0 spiro atoms. The number of rotatable bonds is 1. The van der Waals surface area contributed by atoms with Gasteiger partial charge in [-0.25, -0.2) is 0 Å². The van der Waals surface area contributed by atoms with Crippen molar-refractivity contribution in [1.29, 1.82) is 0 Å². The van der Waals surface area contributed by atoms with E-state index in [0.29, 0.717) is 15.4 Å². The predicted molar refractivity (Wildman–Crippen MR) is 55.2 cm³/mol. The zero-order chi connectivity index (χ0) is 10.3. The number of aromatic amines is 1. The average molecular weight is 256 g/mol. The summed E-state index contributed by atoms with van der Waals surface area (Å²) >= 11 is 3.17. The number of H-pyrrole nitrogens is 1. The number of hydrogen-bond donors (Lipinski definition) is 1. The first kappa shape index (κ1) is 9.14. The van der Waals surface area contributed by atoms with Gasteiger partial charge in [-0.1, -0.05) is 0 Å². The Balaban J connectivity index is 2.93. The van der Waals surface area contributed by atoms with Gasteiger partial charge in [-0.2, -0.15) is 5.10 Å². The second kappa shape index (κ2) is 3.06. The Kier molecular flexibility index (Phi) is 1.99. The van der Waals surface area contributed by atoms with Gasteiger partial charge in [-0.3, -0.25) is 15.2 Å². The number of aryl methyl sites for hydroxylation is 1. The molecule has 14 heavy (non-hydrogen) atoms. The van der Waals surface area contributed by atoms with Gasteiger partial charge in [0.2, 0.25) is 0 Å². The molecule has 0 saturated heterocycles. The molecular weight excluding hydrogens is 250 g/mol. The number of fused-ring (bicyclic) bond motifs is 1. The number of nitro groups is 1. The highest BCUT2D eigenvalue weighted by atomic mass is 79.9. The van der Waals surface area contributed by atoms with Gasteiger partial charge in [0.25, 0.3) is 5.69 Å². The molecule has 0 atom stereocenters. The Morgan fingerprint density at radius 3 is 3.00 bits per heavy atom. The lowest BCUT2D eigenvalue weighted by molar-refractivity contribution is -0.383. The van der Waals surface area contributed by atoms with Crippen molar-refractivity contribution in [2.45, 2.75) is 6.92 Å². The molecule has 2 rings (SSSR count). The topological polar surface area (TPSA) is 71.8 Å². The molecule has 1 heterocycles. The Morgan fingerprint density at radius 1 is 1.64 bits per heavy atom. The quantitative estimate of drug-likeness (QED) is 0.629. The van der Waals surface area contributed by atoms with Crippen LogP contribution in [0.4, 0.5) is 5.69 Å². The third-order valence-corrected chi connectivity index (χ3v) is 2.65. The molecule has 0 bridgehead atoms. The Morgan fingerprint density at radius 2 is 2.36 bits per heavy atom. The van der Waals surface area contributed by atoms with Gasteiger partial charge >= 0.3 is 0 Å². The van der Waals surface area contributed by atoms with E-state index in [1.165, 1.54) is 6.20 Å². The molecule has 2 aromatic rings. The first-order valence-electron chi connectivity index (χ1n) is 3.88. The van der Waals surface area contributed by atoms with Crippen LogP contribution in [0, 0.1) is 17.0 Å². The number of halogens is 1. The van der Waals surface area contributed by atoms with Crippen molar-refractivity contribution in [3.8, 4) is 0 Å². The van der Waals surface area contributed by atoms with Crippen molar-refractivity contribution in [1.82, 2.24) is 10.2 Å². The highest BCUT2D eigenvalue weighted by Gasteiger charge is 2.19. The molecule has 0 aliphatic heterocycles. The first-order valence-corrected chi connectivity index (χ1v) is 4.67. The van der Waals surface area contributed by atoms with Gasteiger partial charge in [0, 0.05) is 0 Å². The molecule has 0 unspecified atom stereocenters. The molecule has 1 N–H and O–H groups in total. The lowest BCUT2D eigenvalue weighted by Gasteiger charge is -1.99. The second-order valence-corrected chi connectivity index (χ2v) is 3.79. The van der Waals surface area contributed by atoms with Crippen LogP contribution in [0.25, 0.3) is 10.9 Å². The second-order valence-electron chi connectivity index (χ2n) is 2.94. The molecule has 1 aromatic heterocycles. The SMILES string of the molecule is Cc1cc(Br)c([N+](=O)[O-])c2cn[nH]c12. The summed E-state index contributed by atoms with van der Waals surface area (Å²) in [7, 11) is 0. The van der Waals surface area contributed by atoms with Crippen LogP contribution in [0.3, 0.4) is 0 Å². The maximum atomic E-state index is 10.8. The normalized spacial score (nSPS) is 10.7. The third-order valence-electron chi connectivity index (χ3n) is 2.04. The van der Waals surface area contributed by atoms with Crippen LogP contribution in [-0.4, -0.2) is 15.1 Å². The predicted octanol–water partition coefficient (Wildman–Crippen LogP) is 2.54. The fourth-order valence-electron chi connectivity index (χ4n) is 1.41. The maximum absolute atomic E-state index is 10.8. The van der Waals surface area contributed by atoms with Crippen molar-refractivity contribution in [2.24, 2.45) is 0 Å². The van der Waals surface area contributed by atoms with Crippen molar-refractivity contribution in [3.05, 3.63) is 32.4 Å². The van der Waals surface area contributed by atoms with E-state index in [2.05, 4.69) is 26.1 Å². The number of nitrogens with zero attached hydrogens (tertiary/aromatic N) is 2. The summed E-state index contributed by atoms with van der Waals surface area (Å²) in [6, 6.07) is 1.71. The Hall–Kier alpha value is -1.43. The van der Waals surface area contributed by atoms with Crippen LogP contribution in [0.1, 0.15) is 5.56 Å². The van der Waals surface area contributed by atoms with E-state index < -0.39 is 4.92 Å². The molecule has 0 fully saturated rings. The van der Waals surface area contributed by atoms with Gasteiger partial charge in [-0.15, -0.1) is 0 Å². The van der Waals surface area contributed by atoms with Crippen LogP contribution in [-0.2, 0) is 0 Å². The van der Waals surface area contributed by atoms with Gasteiger partial charge in [0.15, 0.2) is 0 Å². The molecule has 0 radical (unpaired) electrons. The largest absolute Gasteiger partial charge is 0.294 e. The van der Waals surface area contributed by atoms with Crippen molar-refractivity contribution in [3.63, 3.8) is 0 Å².